The van der Waals surface area contributed by atoms with Crippen LogP contribution in [-0.4, -0.2) is 111 Å². The summed E-state index contributed by atoms with van der Waals surface area (Å²) in [6, 6.07) is -1.29. The van der Waals surface area contributed by atoms with E-state index in [1.807, 2.05) is 0 Å². The van der Waals surface area contributed by atoms with E-state index in [0.717, 1.165) is 19.3 Å². The molecule has 5 unspecified atom stereocenters. The zero-order valence-corrected chi connectivity index (χ0v) is 24.2. The standard InChI is InChI=1S/C28H53NO11/c1-3-5-6-7-8-9-10-11-12-13-14-15-16-20(31)22(32)19(29-26(36)27(37)38-4-2)18-39-28-25(35)24(34)23(33)21(17-30)40-28/h19-25,28,30-35H,3-18H2,1-2H3,(H,29,36)/t19-,20+,21?,22-,23?,24?,25?,28?/m0/s1. The number of carbonyl (C=O) groups excluding carboxylic acids is 2. The Hall–Kier alpha value is -1.38. The maximum absolute atomic E-state index is 12.2. The summed E-state index contributed by atoms with van der Waals surface area (Å²) in [5, 5.41) is 63.1. The quantitative estimate of drug-likeness (QED) is 0.0573. The molecule has 0 bridgehead atoms. The van der Waals surface area contributed by atoms with E-state index in [4.69, 9.17) is 9.47 Å². The van der Waals surface area contributed by atoms with Crippen LogP contribution in [-0.2, 0) is 23.8 Å². The van der Waals surface area contributed by atoms with Gasteiger partial charge in [-0.15, -0.1) is 0 Å². The number of aliphatic hydroxyl groups is 6. The normalized spacial score (nSPS) is 25.2. The molecule has 1 amide bonds. The van der Waals surface area contributed by atoms with Gasteiger partial charge in [-0.2, -0.15) is 0 Å². The molecule has 1 saturated heterocycles. The molecule has 0 aromatic rings. The Kier molecular flexibility index (Phi) is 19.6. The van der Waals surface area contributed by atoms with Crippen molar-refractivity contribution in [2.75, 3.05) is 19.8 Å². The first kappa shape index (κ1) is 36.6. The second kappa shape index (κ2) is 21.3. The Labute approximate surface area is 238 Å². The van der Waals surface area contributed by atoms with Crippen LogP contribution in [0.25, 0.3) is 0 Å². The third kappa shape index (κ3) is 13.5. The van der Waals surface area contributed by atoms with Crippen LogP contribution in [0.4, 0.5) is 0 Å². The molecule has 0 radical (unpaired) electrons. The second-order valence-corrected chi connectivity index (χ2v) is 10.6. The molecule has 236 valence electrons. The molecule has 0 aromatic carbocycles. The molecule has 12 heteroatoms. The zero-order valence-electron chi connectivity index (χ0n) is 24.2. The van der Waals surface area contributed by atoms with Gasteiger partial charge in [0, 0.05) is 0 Å². The minimum atomic E-state index is -1.69. The van der Waals surface area contributed by atoms with Crippen LogP contribution in [0.5, 0.6) is 0 Å². The monoisotopic (exact) mass is 579 g/mol. The maximum atomic E-state index is 12.2. The molecular formula is C28H53NO11. The lowest BCUT2D eigenvalue weighted by Crippen LogP contribution is -2.60. The van der Waals surface area contributed by atoms with E-state index in [0.29, 0.717) is 6.42 Å². The highest BCUT2D eigenvalue weighted by Crippen LogP contribution is 2.23. The Morgan fingerprint density at radius 3 is 1.90 bits per heavy atom. The highest BCUT2D eigenvalue weighted by Gasteiger charge is 2.44. The molecule has 7 N–H and O–H groups in total. The highest BCUT2D eigenvalue weighted by molar-refractivity contribution is 6.32. The molecule has 1 fully saturated rings. The average molecular weight is 580 g/mol. The van der Waals surface area contributed by atoms with Crippen molar-refractivity contribution in [2.45, 2.75) is 146 Å². The minimum absolute atomic E-state index is 0.0393. The fourth-order valence-corrected chi connectivity index (χ4v) is 4.69. The molecular weight excluding hydrogens is 526 g/mol. The van der Waals surface area contributed by atoms with Crippen molar-refractivity contribution >= 4 is 11.9 Å². The Balaban J connectivity index is 2.54. The van der Waals surface area contributed by atoms with Crippen molar-refractivity contribution < 1.29 is 54.4 Å². The van der Waals surface area contributed by atoms with E-state index in [2.05, 4.69) is 17.0 Å². The number of ether oxygens (including phenoxy) is 3. The van der Waals surface area contributed by atoms with E-state index in [-0.39, 0.29) is 13.0 Å². The Morgan fingerprint density at radius 2 is 1.38 bits per heavy atom. The Bertz CT molecular complexity index is 681. The van der Waals surface area contributed by atoms with Crippen molar-refractivity contribution in [2.24, 2.45) is 0 Å². The number of aliphatic hydroxyl groups excluding tert-OH is 6. The van der Waals surface area contributed by atoms with E-state index < -0.39 is 74.0 Å². The number of esters is 1. The third-order valence-electron chi connectivity index (χ3n) is 7.23. The number of nitrogens with one attached hydrogen (secondary N) is 1. The molecule has 8 atom stereocenters. The van der Waals surface area contributed by atoms with Gasteiger partial charge in [0.25, 0.3) is 0 Å². The summed E-state index contributed by atoms with van der Waals surface area (Å²) >= 11 is 0. The smallest absolute Gasteiger partial charge is 0.396 e. The van der Waals surface area contributed by atoms with Crippen molar-refractivity contribution in [3.05, 3.63) is 0 Å². The van der Waals surface area contributed by atoms with Crippen LogP contribution < -0.4 is 5.32 Å². The lowest BCUT2D eigenvalue weighted by atomic mass is 9.98. The predicted molar refractivity (Wildman–Crippen MR) is 146 cm³/mol. The van der Waals surface area contributed by atoms with E-state index >= 15 is 0 Å². The van der Waals surface area contributed by atoms with Gasteiger partial charge in [-0.25, -0.2) is 4.79 Å². The van der Waals surface area contributed by atoms with Crippen LogP contribution >= 0.6 is 0 Å². The van der Waals surface area contributed by atoms with Gasteiger partial charge in [-0.1, -0.05) is 84.0 Å². The number of rotatable bonds is 21. The summed E-state index contributed by atoms with van der Waals surface area (Å²) in [6.07, 6.45) is 3.61. The van der Waals surface area contributed by atoms with Crippen molar-refractivity contribution in [1.29, 1.82) is 0 Å². The molecule has 1 rings (SSSR count). The first-order valence-electron chi connectivity index (χ1n) is 14.9. The summed E-state index contributed by atoms with van der Waals surface area (Å²) in [7, 11) is 0. The molecule has 0 aromatic heterocycles. The van der Waals surface area contributed by atoms with Crippen molar-refractivity contribution in [3.8, 4) is 0 Å². The molecule has 0 spiro atoms. The first-order chi connectivity index (χ1) is 19.2. The van der Waals surface area contributed by atoms with Crippen molar-refractivity contribution in [1.82, 2.24) is 5.32 Å². The van der Waals surface area contributed by atoms with Gasteiger partial charge in [0.05, 0.1) is 32.0 Å². The summed E-state index contributed by atoms with van der Waals surface area (Å²) in [4.78, 5) is 24.0. The van der Waals surface area contributed by atoms with Crippen LogP contribution in [0.3, 0.4) is 0 Å². The van der Waals surface area contributed by atoms with Gasteiger partial charge < -0.3 is 50.2 Å². The largest absolute Gasteiger partial charge is 0.459 e. The molecule has 1 heterocycles. The molecule has 1 aliphatic heterocycles. The van der Waals surface area contributed by atoms with Gasteiger partial charge in [-0.3, -0.25) is 4.79 Å². The molecule has 40 heavy (non-hydrogen) atoms. The lowest BCUT2D eigenvalue weighted by Gasteiger charge is -2.40. The van der Waals surface area contributed by atoms with E-state index in [9.17, 15) is 40.2 Å². The molecule has 12 nitrogen and oxygen atoms in total. The van der Waals surface area contributed by atoms with Crippen LogP contribution in [0, 0.1) is 0 Å². The average Bonchev–Trinajstić information content (AvgIpc) is 2.94. The summed E-state index contributed by atoms with van der Waals surface area (Å²) in [5.74, 6) is -2.33. The molecule has 0 aliphatic carbocycles. The molecule has 0 saturated carbocycles. The van der Waals surface area contributed by atoms with Gasteiger partial charge in [0.1, 0.15) is 30.5 Å². The maximum Gasteiger partial charge on any atom is 0.396 e. The minimum Gasteiger partial charge on any atom is -0.459 e. The fraction of sp³-hybridized carbons (Fsp3) is 0.929. The van der Waals surface area contributed by atoms with Crippen LogP contribution in [0.15, 0.2) is 0 Å². The third-order valence-corrected chi connectivity index (χ3v) is 7.23. The Morgan fingerprint density at radius 1 is 0.825 bits per heavy atom. The molecule has 1 aliphatic rings. The predicted octanol–water partition coefficient (Wildman–Crippen LogP) is 0.664. The van der Waals surface area contributed by atoms with Gasteiger partial charge in [0.2, 0.25) is 0 Å². The summed E-state index contributed by atoms with van der Waals surface area (Å²) in [5.41, 5.74) is 0. The van der Waals surface area contributed by atoms with E-state index in [1.54, 1.807) is 0 Å². The lowest BCUT2D eigenvalue weighted by molar-refractivity contribution is -0.303. The van der Waals surface area contributed by atoms with Crippen LogP contribution in [0.1, 0.15) is 97.3 Å². The summed E-state index contributed by atoms with van der Waals surface area (Å²) < 4.78 is 15.4. The highest BCUT2D eigenvalue weighted by atomic mass is 16.7. The fourth-order valence-electron chi connectivity index (χ4n) is 4.69. The first-order valence-corrected chi connectivity index (χ1v) is 14.9. The van der Waals surface area contributed by atoms with Crippen molar-refractivity contribution in [3.63, 3.8) is 0 Å². The second-order valence-electron chi connectivity index (χ2n) is 10.6. The number of hydrogen-bond donors (Lipinski definition) is 7. The zero-order chi connectivity index (χ0) is 29.9. The number of unbranched alkanes of at least 4 members (excludes halogenated alkanes) is 11. The van der Waals surface area contributed by atoms with Crippen LogP contribution in [0.2, 0.25) is 0 Å². The van der Waals surface area contributed by atoms with Gasteiger partial charge in [-0.05, 0) is 13.3 Å². The van der Waals surface area contributed by atoms with Gasteiger partial charge in [0.15, 0.2) is 6.29 Å². The summed E-state index contributed by atoms with van der Waals surface area (Å²) in [6.45, 7) is 2.52. The van der Waals surface area contributed by atoms with Gasteiger partial charge >= 0.3 is 11.9 Å². The SMILES string of the molecule is CCCCCCCCCCCCCC[C@@H](O)[C@@H](O)[C@H](COC1OC(CO)C(O)C(O)C1O)NC(=O)C(=O)OCC. The topological polar surface area (TPSA) is 195 Å². The number of carbonyl (C=O) groups is 2. The number of amides is 1. The number of hydrogen-bond acceptors (Lipinski definition) is 11. The van der Waals surface area contributed by atoms with E-state index in [1.165, 1.54) is 58.3 Å².